The summed E-state index contributed by atoms with van der Waals surface area (Å²) in [5, 5.41) is 12.9. The Morgan fingerprint density at radius 2 is 1.75 bits per heavy atom. The second-order valence-electron chi connectivity index (χ2n) is 5.03. The van der Waals surface area contributed by atoms with Gasteiger partial charge in [-0.15, -0.1) is 0 Å². The number of nitrogens with zero attached hydrogens (tertiary/aromatic N) is 1. The van der Waals surface area contributed by atoms with E-state index in [9.17, 15) is 5.26 Å². The van der Waals surface area contributed by atoms with Gasteiger partial charge in [0, 0.05) is 25.3 Å². The third-order valence-corrected chi connectivity index (χ3v) is 3.85. The van der Waals surface area contributed by atoms with Crippen LogP contribution in [0.5, 0.6) is 0 Å². The van der Waals surface area contributed by atoms with E-state index < -0.39 is 0 Å². The topological polar surface area (TPSA) is 45.0 Å². The number of hydrogen-bond acceptors (Lipinski definition) is 3. The van der Waals surface area contributed by atoms with E-state index in [1.54, 1.807) is 0 Å². The minimum Gasteiger partial charge on any atom is -0.381 e. The largest absolute Gasteiger partial charge is 0.381 e. The van der Waals surface area contributed by atoms with Crippen molar-refractivity contribution in [3.8, 4) is 6.07 Å². The number of hydrogen-bond donors (Lipinski definition) is 1. The van der Waals surface area contributed by atoms with Crippen molar-refractivity contribution in [1.29, 1.82) is 5.26 Å². The number of ether oxygens (including phenoxy) is 1. The van der Waals surface area contributed by atoms with Gasteiger partial charge in [-0.05, 0) is 25.7 Å². The lowest BCUT2D eigenvalue weighted by atomic mass is 9.94. The van der Waals surface area contributed by atoms with Gasteiger partial charge in [-0.2, -0.15) is 5.26 Å². The number of rotatable bonds is 2. The van der Waals surface area contributed by atoms with E-state index >= 15 is 0 Å². The van der Waals surface area contributed by atoms with Gasteiger partial charge in [0.05, 0.1) is 12.0 Å². The van der Waals surface area contributed by atoms with Crippen LogP contribution in [0, 0.1) is 17.2 Å². The maximum atomic E-state index is 9.20. The van der Waals surface area contributed by atoms with E-state index in [4.69, 9.17) is 4.74 Å². The Hall–Kier alpha value is -0.590. The lowest BCUT2D eigenvalue weighted by Gasteiger charge is -2.30. The van der Waals surface area contributed by atoms with E-state index in [0.29, 0.717) is 12.1 Å². The molecule has 1 N–H and O–H groups in total. The maximum Gasteiger partial charge on any atom is 0.0672 e. The highest BCUT2D eigenvalue weighted by molar-refractivity contribution is 4.94. The van der Waals surface area contributed by atoms with Crippen LogP contribution in [0.2, 0.25) is 0 Å². The average molecular weight is 222 g/mol. The van der Waals surface area contributed by atoms with Crippen molar-refractivity contribution in [3.05, 3.63) is 0 Å². The molecule has 90 valence electrons. The van der Waals surface area contributed by atoms with Crippen molar-refractivity contribution >= 4 is 0 Å². The van der Waals surface area contributed by atoms with E-state index in [1.807, 2.05) is 0 Å². The summed E-state index contributed by atoms with van der Waals surface area (Å²) in [4.78, 5) is 0. The fourth-order valence-electron chi connectivity index (χ4n) is 2.83. The second-order valence-corrected chi connectivity index (χ2v) is 5.03. The standard InChI is InChI=1S/C13H22N2O/c14-10-11-4-2-1-3-5-13(11)15-12-6-8-16-9-7-12/h11-13,15H,1-9H2. The van der Waals surface area contributed by atoms with Crippen LogP contribution in [-0.4, -0.2) is 25.3 Å². The molecule has 0 aromatic carbocycles. The van der Waals surface area contributed by atoms with Gasteiger partial charge in [-0.1, -0.05) is 19.3 Å². The van der Waals surface area contributed by atoms with Crippen molar-refractivity contribution in [2.75, 3.05) is 13.2 Å². The molecule has 1 saturated heterocycles. The zero-order valence-corrected chi connectivity index (χ0v) is 9.95. The predicted octanol–water partition coefficient (Wildman–Crippen LogP) is 2.23. The highest BCUT2D eigenvalue weighted by Crippen LogP contribution is 2.24. The molecular weight excluding hydrogens is 200 g/mol. The van der Waals surface area contributed by atoms with Gasteiger partial charge < -0.3 is 10.1 Å². The summed E-state index contributed by atoms with van der Waals surface area (Å²) in [6, 6.07) is 3.49. The summed E-state index contributed by atoms with van der Waals surface area (Å²) in [7, 11) is 0. The molecule has 3 heteroatoms. The van der Waals surface area contributed by atoms with Crippen LogP contribution < -0.4 is 5.32 Å². The third kappa shape index (κ3) is 3.20. The van der Waals surface area contributed by atoms with Crippen molar-refractivity contribution in [1.82, 2.24) is 5.32 Å². The molecule has 16 heavy (non-hydrogen) atoms. The molecule has 1 heterocycles. The Bertz CT molecular complexity index is 243. The molecule has 2 unspecified atom stereocenters. The number of nitriles is 1. The minimum absolute atomic E-state index is 0.227. The molecule has 0 spiro atoms. The Morgan fingerprint density at radius 3 is 2.50 bits per heavy atom. The Morgan fingerprint density at radius 1 is 1.00 bits per heavy atom. The molecule has 1 saturated carbocycles. The molecule has 2 fully saturated rings. The average Bonchev–Trinajstić information content (AvgIpc) is 2.55. The summed E-state index contributed by atoms with van der Waals surface area (Å²) in [5.74, 6) is 0.227. The monoisotopic (exact) mass is 222 g/mol. The lowest BCUT2D eigenvalue weighted by Crippen LogP contribution is -2.44. The van der Waals surface area contributed by atoms with Gasteiger partial charge in [-0.25, -0.2) is 0 Å². The normalized spacial score (nSPS) is 32.9. The van der Waals surface area contributed by atoms with E-state index in [-0.39, 0.29) is 5.92 Å². The van der Waals surface area contributed by atoms with Gasteiger partial charge in [0.25, 0.3) is 0 Å². The van der Waals surface area contributed by atoms with Gasteiger partial charge >= 0.3 is 0 Å². The summed E-state index contributed by atoms with van der Waals surface area (Å²) in [6.07, 6.45) is 8.27. The third-order valence-electron chi connectivity index (χ3n) is 3.85. The fraction of sp³-hybridized carbons (Fsp3) is 0.923. The fourth-order valence-corrected chi connectivity index (χ4v) is 2.83. The van der Waals surface area contributed by atoms with Gasteiger partial charge in [0.1, 0.15) is 0 Å². The van der Waals surface area contributed by atoms with Gasteiger partial charge in [-0.3, -0.25) is 0 Å². The highest BCUT2D eigenvalue weighted by atomic mass is 16.5. The van der Waals surface area contributed by atoms with Crippen LogP contribution in [0.1, 0.15) is 44.9 Å². The Balaban J connectivity index is 1.87. The van der Waals surface area contributed by atoms with Crippen LogP contribution in [0.4, 0.5) is 0 Å². The summed E-state index contributed by atoms with van der Waals surface area (Å²) >= 11 is 0. The maximum absolute atomic E-state index is 9.20. The summed E-state index contributed by atoms with van der Waals surface area (Å²) < 4.78 is 5.36. The van der Waals surface area contributed by atoms with Gasteiger partial charge in [0.2, 0.25) is 0 Å². The molecule has 0 amide bonds. The first-order chi connectivity index (χ1) is 7.90. The SMILES string of the molecule is N#CC1CCCCCC1NC1CCOCC1. The lowest BCUT2D eigenvalue weighted by molar-refractivity contribution is 0.0729. The molecular formula is C13H22N2O. The molecule has 0 bridgehead atoms. The van der Waals surface area contributed by atoms with Crippen LogP contribution in [-0.2, 0) is 4.74 Å². The van der Waals surface area contributed by atoms with E-state index in [2.05, 4.69) is 11.4 Å². The first-order valence-corrected chi connectivity index (χ1v) is 6.63. The van der Waals surface area contributed by atoms with Crippen molar-refractivity contribution in [2.24, 2.45) is 5.92 Å². The Kier molecular flexibility index (Phi) is 4.62. The van der Waals surface area contributed by atoms with Crippen LogP contribution in [0.25, 0.3) is 0 Å². The first kappa shape index (κ1) is 11.9. The molecule has 0 radical (unpaired) electrons. The molecule has 1 aliphatic carbocycles. The molecule has 2 aliphatic rings. The minimum atomic E-state index is 0.227. The highest BCUT2D eigenvalue weighted by Gasteiger charge is 2.26. The van der Waals surface area contributed by atoms with Gasteiger partial charge in [0.15, 0.2) is 0 Å². The Labute approximate surface area is 98.2 Å². The zero-order chi connectivity index (χ0) is 11.2. The summed E-state index contributed by atoms with van der Waals surface area (Å²) in [6.45, 7) is 1.75. The molecule has 3 nitrogen and oxygen atoms in total. The smallest absolute Gasteiger partial charge is 0.0672 e. The molecule has 2 atom stereocenters. The van der Waals surface area contributed by atoms with E-state index in [0.717, 1.165) is 32.5 Å². The van der Waals surface area contributed by atoms with Crippen molar-refractivity contribution in [3.63, 3.8) is 0 Å². The molecule has 2 rings (SSSR count). The van der Waals surface area contributed by atoms with Crippen LogP contribution >= 0.6 is 0 Å². The summed E-state index contributed by atoms with van der Waals surface area (Å²) in [5.41, 5.74) is 0. The first-order valence-electron chi connectivity index (χ1n) is 6.63. The number of nitrogens with one attached hydrogen (secondary N) is 1. The second kappa shape index (κ2) is 6.22. The zero-order valence-electron chi connectivity index (χ0n) is 9.95. The van der Waals surface area contributed by atoms with Crippen LogP contribution in [0.3, 0.4) is 0 Å². The molecule has 0 aromatic heterocycles. The van der Waals surface area contributed by atoms with E-state index in [1.165, 1.54) is 25.7 Å². The van der Waals surface area contributed by atoms with Crippen molar-refractivity contribution in [2.45, 2.75) is 57.0 Å². The molecule has 1 aliphatic heterocycles. The van der Waals surface area contributed by atoms with Crippen LogP contribution in [0.15, 0.2) is 0 Å². The molecule has 0 aromatic rings. The quantitative estimate of drug-likeness (QED) is 0.729. The predicted molar refractivity (Wildman–Crippen MR) is 63.0 cm³/mol. The van der Waals surface area contributed by atoms with Crippen molar-refractivity contribution < 1.29 is 4.74 Å².